The van der Waals surface area contributed by atoms with Crippen molar-refractivity contribution < 1.29 is 5.11 Å². The number of nitrogens with zero attached hydrogens (tertiary/aromatic N) is 1. The molecule has 1 unspecified atom stereocenters. The molecule has 0 spiro atoms. The molecule has 0 radical (unpaired) electrons. The highest BCUT2D eigenvalue weighted by molar-refractivity contribution is 5.25. The molecule has 16 heavy (non-hydrogen) atoms. The van der Waals surface area contributed by atoms with Gasteiger partial charge in [0.25, 0.3) is 0 Å². The van der Waals surface area contributed by atoms with E-state index in [1.165, 1.54) is 5.56 Å². The van der Waals surface area contributed by atoms with Crippen LogP contribution in [-0.4, -0.2) is 37.2 Å². The van der Waals surface area contributed by atoms with Crippen LogP contribution < -0.4 is 5.32 Å². The molecule has 0 bridgehead atoms. The van der Waals surface area contributed by atoms with Crippen molar-refractivity contribution >= 4 is 0 Å². The standard InChI is InChI=1S/C13H22N2O/c1-11(8-14-2)9-15(3)10-12-4-6-13(16)7-5-12/h4-7,11,14,16H,8-10H2,1-3H3. The number of rotatable bonds is 6. The molecule has 3 nitrogen and oxygen atoms in total. The van der Waals surface area contributed by atoms with Crippen LogP contribution in [0.3, 0.4) is 0 Å². The molecule has 1 atom stereocenters. The van der Waals surface area contributed by atoms with E-state index in [1.54, 1.807) is 12.1 Å². The Morgan fingerprint density at radius 1 is 1.31 bits per heavy atom. The summed E-state index contributed by atoms with van der Waals surface area (Å²) < 4.78 is 0. The molecule has 90 valence electrons. The molecule has 2 N–H and O–H groups in total. The summed E-state index contributed by atoms with van der Waals surface area (Å²) in [4.78, 5) is 2.30. The lowest BCUT2D eigenvalue weighted by Crippen LogP contribution is -2.29. The van der Waals surface area contributed by atoms with E-state index in [0.29, 0.717) is 11.7 Å². The van der Waals surface area contributed by atoms with Gasteiger partial charge in [0.2, 0.25) is 0 Å². The minimum absolute atomic E-state index is 0.329. The lowest BCUT2D eigenvalue weighted by atomic mass is 10.1. The van der Waals surface area contributed by atoms with Gasteiger partial charge in [0.05, 0.1) is 0 Å². The lowest BCUT2D eigenvalue weighted by Gasteiger charge is -2.21. The van der Waals surface area contributed by atoms with Crippen LogP contribution in [0.15, 0.2) is 24.3 Å². The smallest absolute Gasteiger partial charge is 0.115 e. The van der Waals surface area contributed by atoms with Crippen molar-refractivity contribution in [1.29, 1.82) is 0 Å². The van der Waals surface area contributed by atoms with Gasteiger partial charge < -0.3 is 15.3 Å². The van der Waals surface area contributed by atoms with Crippen LogP contribution in [0.25, 0.3) is 0 Å². The number of benzene rings is 1. The summed E-state index contributed by atoms with van der Waals surface area (Å²) in [6, 6.07) is 7.41. The Bertz CT molecular complexity index is 297. The van der Waals surface area contributed by atoms with Crippen LogP contribution in [0.2, 0.25) is 0 Å². The van der Waals surface area contributed by atoms with Gasteiger partial charge in [0, 0.05) is 13.1 Å². The van der Waals surface area contributed by atoms with Crippen LogP contribution in [0.1, 0.15) is 12.5 Å². The summed E-state index contributed by atoms with van der Waals surface area (Å²) in [5, 5.41) is 12.4. The largest absolute Gasteiger partial charge is 0.508 e. The number of phenolic OH excluding ortho intramolecular Hbond substituents is 1. The first-order valence-electron chi connectivity index (χ1n) is 5.73. The van der Waals surface area contributed by atoms with Crippen molar-refractivity contribution in [3.05, 3.63) is 29.8 Å². The van der Waals surface area contributed by atoms with E-state index in [9.17, 15) is 5.11 Å². The summed E-state index contributed by atoms with van der Waals surface area (Å²) in [5.74, 6) is 0.974. The third-order valence-electron chi connectivity index (χ3n) is 2.56. The van der Waals surface area contributed by atoms with Crippen LogP contribution in [0.4, 0.5) is 0 Å². The van der Waals surface area contributed by atoms with Crippen molar-refractivity contribution in [2.45, 2.75) is 13.5 Å². The molecular weight excluding hydrogens is 200 g/mol. The molecule has 0 aliphatic carbocycles. The predicted molar refractivity (Wildman–Crippen MR) is 67.5 cm³/mol. The second-order valence-corrected chi connectivity index (χ2v) is 4.53. The number of phenols is 1. The zero-order valence-corrected chi connectivity index (χ0v) is 10.4. The number of hydrogen-bond acceptors (Lipinski definition) is 3. The monoisotopic (exact) mass is 222 g/mol. The fourth-order valence-electron chi connectivity index (χ4n) is 1.92. The van der Waals surface area contributed by atoms with Gasteiger partial charge >= 0.3 is 0 Å². The maximum Gasteiger partial charge on any atom is 0.115 e. The first-order chi connectivity index (χ1) is 7.61. The number of hydrogen-bond donors (Lipinski definition) is 2. The van der Waals surface area contributed by atoms with Crippen molar-refractivity contribution in [3.8, 4) is 5.75 Å². The van der Waals surface area contributed by atoms with Gasteiger partial charge in [-0.1, -0.05) is 19.1 Å². The Labute approximate surface area is 98.1 Å². The summed E-state index contributed by atoms with van der Waals surface area (Å²) >= 11 is 0. The van der Waals surface area contributed by atoms with Gasteiger partial charge in [-0.15, -0.1) is 0 Å². The average molecular weight is 222 g/mol. The van der Waals surface area contributed by atoms with Gasteiger partial charge in [-0.2, -0.15) is 0 Å². The van der Waals surface area contributed by atoms with Gasteiger partial charge in [0.15, 0.2) is 0 Å². The van der Waals surface area contributed by atoms with Gasteiger partial charge in [0.1, 0.15) is 5.75 Å². The van der Waals surface area contributed by atoms with E-state index in [2.05, 4.69) is 24.2 Å². The molecule has 0 aliphatic heterocycles. The normalized spacial score (nSPS) is 13.0. The van der Waals surface area contributed by atoms with Crippen molar-refractivity contribution in [2.75, 3.05) is 27.2 Å². The second kappa shape index (κ2) is 6.51. The Morgan fingerprint density at radius 2 is 1.94 bits per heavy atom. The first-order valence-corrected chi connectivity index (χ1v) is 5.73. The molecule has 1 rings (SSSR count). The molecular formula is C13H22N2O. The second-order valence-electron chi connectivity index (χ2n) is 4.53. The SMILES string of the molecule is CNCC(C)CN(C)Cc1ccc(O)cc1. The molecule has 0 saturated carbocycles. The Balaban J connectivity index is 2.39. The van der Waals surface area contributed by atoms with Crippen molar-refractivity contribution in [2.24, 2.45) is 5.92 Å². The fourth-order valence-corrected chi connectivity index (χ4v) is 1.92. The van der Waals surface area contributed by atoms with E-state index in [0.717, 1.165) is 19.6 Å². The molecule has 0 saturated heterocycles. The highest BCUT2D eigenvalue weighted by Crippen LogP contribution is 2.11. The van der Waals surface area contributed by atoms with E-state index >= 15 is 0 Å². The molecule has 0 aliphatic rings. The third kappa shape index (κ3) is 4.64. The van der Waals surface area contributed by atoms with Gasteiger partial charge in [-0.25, -0.2) is 0 Å². The van der Waals surface area contributed by atoms with E-state index < -0.39 is 0 Å². The summed E-state index contributed by atoms with van der Waals surface area (Å²) in [5.41, 5.74) is 1.23. The molecule has 0 fully saturated rings. The minimum atomic E-state index is 0.329. The van der Waals surface area contributed by atoms with Crippen LogP contribution >= 0.6 is 0 Å². The summed E-state index contributed by atoms with van der Waals surface area (Å²) in [6.07, 6.45) is 0. The Kier molecular flexibility index (Phi) is 5.29. The molecule has 0 aromatic heterocycles. The van der Waals surface area contributed by atoms with Crippen LogP contribution in [0, 0.1) is 5.92 Å². The zero-order valence-electron chi connectivity index (χ0n) is 10.4. The quantitative estimate of drug-likeness (QED) is 0.768. The maximum absolute atomic E-state index is 9.18. The molecule has 3 heteroatoms. The highest BCUT2D eigenvalue weighted by Gasteiger charge is 2.06. The van der Waals surface area contributed by atoms with Crippen LogP contribution in [-0.2, 0) is 6.54 Å². The zero-order chi connectivity index (χ0) is 12.0. The highest BCUT2D eigenvalue weighted by atomic mass is 16.3. The fraction of sp³-hybridized carbons (Fsp3) is 0.538. The number of nitrogens with one attached hydrogen (secondary N) is 1. The minimum Gasteiger partial charge on any atom is -0.508 e. The van der Waals surface area contributed by atoms with E-state index in [-0.39, 0.29) is 0 Å². The van der Waals surface area contributed by atoms with Crippen molar-refractivity contribution in [3.63, 3.8) is 0 Å². The van der Waals surface area contributed by atoms with Gasteiger partial charge in [-0.3, -0.25) is 0 Å². The van der Waals surface area contributed by atoms with Gasteiger partial charge in [-0.05, 0) is 44.3 Å². The molecule has 0 heterocycles. The Hall–Kier alpha value is -1.06. The van der Waals surface area contributed by atoms with E-state index in [1.807, 2.05) is 19.2 Å². The average Bonchev–Trinajstić information content (AvgIpc) is 2.21. The first kappa shape index (κ1) is 13.0. The lowest BCUT2D eigenvalue weighted by molar-refractivity contribution is 0.276. The topological polar surface area (TPSA) is 35.5 Å². The predicted octanol–water partition coefficient (Wildman–Crippen LogP) is 1.68. The summed E-state index contributed by atoms with van der Waals surface area (Å²) in [6.45, 7) is 5.28. The van der Waals surface area contributed by atoms with E-state index in [4.69, 9.17) is 0 Å². The summed E-state index contributed by atoms with van der Waals surface area (Å²) in [7, 11) is 4.11. The molecule has 0 amide bonds. The van der Waals surface area contributed by atoms with Crippen LogP contribution in [0.5, 0.6) is 5.75 Å². The van der Waals surface area contributed by atoms with Crippen molar-refractivity contribution in [1.82, 2.24) is 10.2 Å². The Morgan fingerprint density at radius 3 is 2.50 bits per heavy atom. The molecule has 1 aromatic carbocycles. The maximum atomic E-state index is 9.18. The molecule has 1 aromatic rings. The number of aromatic hydroxyl groups is 1. The third-order valence-corrected chi connectivity index (χ3v) is 2.56.